The minimum Gasteiger partial charge on any atom is -0.399 e. The average molecular weight is 291 g/mol. The Morgan fingerprint density at radius 3 is 2.27 bits per heavy atom. The van der Waals surface area contributed by atoms with Crippen LogP contribution in [0.2, 0.25) is 0 Å². The highest BCUT2D eigenvalue weighted by molar-refractivity contribution is 9.08. The van der Waals surface area contributed by atoms with E-state index in [1.165, 1.54) is 0 Å². The molecule has 15 heavy (non-hydrogen) atoms. The lowest BCUT2D eigenvalue weighted by atomic mass is 10.2. The third-order valence-corrected chi connectivity index (χ3v) is 2.09. The first kappa shape index (κ1) is 12.2. The fraction of sp³-hybridized carbons (Fsp3) is 0.250. The number of halogens is 6. The van der Waals surface area contributed by atoms with E-state index in [-0.39, 0.29) is 10.9 Å². The van der Waals surface area contributed by atoms with Gasteiger partial charge in [0.2, 0.25) is 5.75 Å². The summed E-state index contributed by atoms with van der Waals surface area (Å²) >= 11 is 2.85. The summed E-state index contributed by atoms with van der Waals surface area (Å²) in [6.07, 6.45) is -5.12. The lowest BCUT2D eigenvalue weighted by molar-refractivity contribution is -0.276. The summed E-state index contributed by atoms with van der Waals surface area (Å²) in [7, 11) is 0. The second-order valence-electron chi connectivity index (χ2n) is 2.53. The van der Waals surface area contributed by atoms with Crippen molar-refractivity contribution in [2.75, 3.05) is 0 Å². The second kappa shape index (κ2) is 4.34. The molecule has 0 heterocycles. The molecular weight excluding hydrogens is 287 g/mol. The van der Waals surface area contributed by atoms with Crippen molar-refractivity contribution < 1.29 is 26.7 Å². The van der Waals surface area contributed by atoms with Gasteiger partial charge in [0.1, 0.15) is 0 Å². The molecule has 1 nitrogen and oxygen atoms in total. The van der Waals surface area contributed by atoms with Gasteiger partial charge in [-0.25, -0.2) is 8.78 Å². The molecule has 84 valence electrons. The Labute approximate surface area is 90.0 Å². The minimum absolute atomic E-state index is 0.0344. The summed E-state index contributed by atoms with van der Waals surface area (Å²) < 4.78 is 64.5. The van der Waals surface area contributed by atoms with E-state index in [9.17, 15) is 22.0 Å². The average Bonchev–Trinajstić information content (AvgIpc) is 2.11. The molecule has 0 radical (unpaired) electrons. The maximum atomic E-state index is 13.2. The lowest BCUT2D eigenvalue weighted by Crippen LogP contribution is -2.19. The van der Waals surface area contributed by atoms with Crippen LogP contribution in [0.25, 0.3) is 0 Å². The van der Waals surface area contributed by atoms with Crippen LogP contribution in [0.15, 0.2) is 12.1 Å². The number of ether oxygens (including phenoxy) is 1. The van der Waals surface area contributed by atoms with Crippen LogP contribution < -0.4 is 4.74 Å². The van der Waals surface area contributed by atoms with Gasteiger partial charge in [-0.3, -0.25) is 0 Å². The number of alkyl halides is 4. The van der Waals surface area contributed by atoms with Crippen molar-refractivity contribution in [3.63, 3.8) is 0 Å². The minimum atomic E-state index is -5.12. The van der Waals surface area contributed by atoms with Gasteiger partial charge in [0, 0.05) is 10.9 Å². The molecule has 0 atom stereocenters. The van der Waals surface area contributed by atoms with Crippen molar-refractivity contribution in [3.05, 3.63) is 29.3 Å². The number of benzene rings is 1. The molecule has 0 amide bonds. The van der Waals surface area contributed by atoms with E-state index in [0.29, 0.717) is 6.07 Å². The standard InChI is InChI=1S/C8H4BrF5O/c9-3-4-1-2-5(10)7(6(4)11)15-8(12,13)14/h1-2H,3H2. The highest BCUT2D eigenvalue weighted by atomic mass is 79.9. The molecule has 0 saturated heterocycles. The van der Waals surface area contributed by atoms with Gasteiger partial charge in [-0.1, -0.05) is 22.0 Å². The van der Waals surface area contributed by atoms with Crippen molar-refractivity contribution >= 4 is 15.9 Å². The molecule has 0 aliphatic heterocycles. The molecule has 0 aliphatic rings. The Morgan fingerprint density at radius 1 is 1.20 bits per heavy atom. The van der Waals surface area contributed by atoms with Crippen LogP contribution in [-0.4, -0.2) is 6.36 Å². The predicted octanol–water partition coefficient (Wildman–Crippen LogP) is 3.76. The second-order valence-corrected chi connectivity index (χ2v) is 3.09. The molecule has 0 saturated carbocycles. The normalized spacial score (nSPS) is 11.6. The zero-order chi connectivity index (χ0) is 11.6. The van der Waals surface area contributed by atoms with E-state index in [1.807, 2.05) is 0 Å². The summed E-state index contributed by atoms with van der Waals surface area (Å²) in [6.45, 7) is 0. The third kappa shape index (κ3) is 3.05. The third-order valence-electron chi connectivity index (χ3n) is 1.49. The number of rotatable bonds is 2. The Balaban J connectivity index is 3.15. The van der Waals surface area contributed by atoms with Crippen molar-refractivity contribution in [2.45, 2.75) is 11.7 Å². The highest BCUT2D eigenvalue weighted by Crippen LogP contribution is 2.30. The van der Waals surface area contributed by atoms with E-state index in [2.05, 4.69) is 20.7 Å². The first-order valence-corrected chi connectivity index (χ1v) is 4.76. The largest absolute Gasteiger partial charge is 0.573 e. The van der Waals surface area contributed by atoms with E-state index >= 15 is 0 Å². The summed E-state index contributed by atoms with van der Waals surface area (Å²) in [5.74, 6) is -4.18. The van der Waals surface area contributed by atoms with Crippen molar-refractivity contribution in [2.24, 2.45) is 0 Å². The smallest absolute Gasteiger partial charge is 0.399 e. The molecule has 0 unspecified atom stereocenters. The predicted molar refractivity (Wildman–Crippen MR) is 45.7 cm³/mol. The van der Waals surface area contributed by atoms with E-state index < -0.39 is 23.7 Å². The molecule has 1 rings (SSSR count). The zero-order valence-electron chi connectivity index (χ0n) is 7.04. The molecule has 0 aromatic heterocycles. The van der Waals surface area contributed by atoms with Gasteiger partial charge in [0.05, 0.1) is 0 Å². The molecule has 1 aromatic rings. The lowest BCUT2D eigenvalue weighted by Gasteiger charge is -2.11. The fourth-order valence-corrected chi connectivity index (χ4v) is 1.32. The molecule has 0 aliphatic carbocycles. The SMILES string of the molecule is Fc1ccc(CBr)c(F)c1OC(F)(F)F. The van der Waals surface area contributed by atoms with Crippen LogP contribution in [0.3, 0.4) is 0 Å². The molecule has 0 spiro atoms. The van der Waals surface area contributed by atoms with Crippen LogP contribution >= 0.6 is 15.9 Å². The monoisotopic (exact) mass is 290 g/mol. The Morgan fingerprint density at radius 2 is 1.80 bits per heavy atom. The Kier molecular flexibility index (Phi) is 3.54. The zero-order valence-corrected chi connectivity index (χ0v) is 8.62. The van der Waals surface area contributed by atoms with Gasteiger partial charge in [-0.2, -0.15) is 0 Å². The fourth-order valence-electron chi connectivity index (χ4n) is 0.886. The Hall–Kier alpha value is -0.850. The van der Waals surface area contributed by atoms with Crippen LogP contribution in [0.4, 0.5) is 22.0 Å². The Bertz CT molecular complexity index is 363. The maximum absolute atomic E-state index is 13.2. The van der Waals surface area contributed by atoms with Gasteiger partial charge >= 0.3 is 6.36 Å². The van der Waals surface area contributed by atoms with E-state index in [0.717, 1.165) is 6.07 Å². The van der Waals surface area contributed by atoms with Crippen LogP contribution in [-0.2, 0) is 5.33 Å². The molecular formula is C8H4BrF5O. The number of hydrogen-bond acceptors (Lipinski definition) is 1. The number of hydrogen-bond donors (Lipinski definition) is 0. The van der Waals surface area contributed by atoms with Crippen LogP contribution in [0.5, 0.6) is 5.75 Å². The van der Waals surface area contributed by atoms with Gasteiger partial charge in [-0.05, 0) is 6.07 Å². The summed E-state index contributed by atoms with van der Waals surface area (Å²) in [5.41, 5.74) is -0.115. The quantitative estimate of drug-likeness (QED) is 0.595. The van der Waals surface area contributed by atoms with Crippen molar-refractivity contribution in [3.8, 4) is 5.75 Å². The molecule has 0 bridgehead atoms. The van der Waals surface area contributed by atoms with Crippen molar-refractivity contribution in [1.29, 1.82) is 0 Å². The topological polar surface area (TPSA) is 9.23 Å². The van der Waals surface area contributed by atoms with Crippen LogP contribution in [0.1, 0.15) is 5.56 Å². The summed E-state index contributed by atoms with van der Waals surface area (Å²) in [5, 5.41) is -0.0344. The summed E-state index contributed by atoms with van der Waals surface area (Å²) in [4.78, 5) is 0. The first-order valence-electron chi connectivity index (χ1n) is 3.63. The van der Waals surface area contributed by atoms with Gasteiger partial charge in [0.15, 0.2) is 11.6 Å². The van der Waals surface area contributed by atoms with Gasteiger partial charge in [0.25, 0.3) is 0 Å². The van der Waals surface area contributed by atoms with Gasteiger partial charge < -0.3 is 4.74 Å². The summed E-state index contributed by atoms with van der Waals surface area (Å²) in [6, 6.07) is 1.74. The highest BCUT2D eigenvalue weighted by Gasteiger charge is 2.34. The van der Waals surface area contributed by atoms with Crippen LogP contribution in [0, 0.1) is 11.6 Å². The molecule has 0 N–H and O–H groups in total. The van der Waals surface area contributed by atoms with Gasteiger partial charge in [-0.15, -0.1) is 13.2 Å². The molecule has 1 aromatic carbocycles. The maximum Gasteiger partial charge on any atom is 0.573 e. The first-order chi connectivity index (χ1) is 6.85. The van der Waals surface area contributed by atoms with E-state index in [4.69, 9.17) is 0 Å². The van der Waals surface area contributed by atoms with Crippen molar-refractivity contribution in [1.82, 2.24) is 0 Å². The molecule has 7 heteroatoms. The van der Waals surface area contributed by atoms with E-state index in [1.54, 1.807) is 0 Å². The molecule has 0 fully saturated rings.